The summed E-state index contributed by atoms with van der Waals surface area (Å²) < 4.78 is 97.1. The van der Waals surface area contributed by atoms with E-state index in [9.17, 15) is 45.5 Å². The molecule has 2 heterocycles. The molecule has 2 fully saturated rings. The fraction of sp³-hybridized carbons (Fsp3) is 0.429. The number of nitrogens with zero attached hydrogens (tertiary/aromatic N) is 2. The van der Waals surface area contributed by atoms with Crippen LogP contribution in [-0.4, -0.2) is 80.9 Å². The highest BCUT2D eigenvalue weighted by molar-refractivity contribution is 6.04. The van der Waals surface area contributed by atoms with Gasteiger partial charge in [-0.3, -0.25) is 24.9 Å². The molecule has 0 bridgehead atoms. The molecule has 2 unspecified atom stereocenters. The van der Waals surface area contributed by atoms with Crippen LogP contribution in [0.4, 0.5) is 70.1 Å². The molecule has 68 heavy (non-hydrogen) atoms. The number of aliphatic imine (C=N–C) groups is 2. The van der Waals surface area contributed by atoms with Crippen LogP contribution in [0, 0.1) is 0 Å². The Morgan fingerprint density at radius 1 is 0.603 bits per heavy atom. The van der Waals surface area contributed by atoms with Crippen LogP contribution >= 0.6 is 0 Å². The molecule has 0 radical (unpaired) electrons. The number of guanidine groups is 2. The van der Waals surface area contributed by atoms with Gasteiger partial charge in [0.1, 0.15) is 12.3 Å². The summed E-state index contributed by atoms with van der Waals surface area (Å²) in [4.78, 5) is 60.1. The average Bonchev–Trinajstić information content (AvgIpc) is 3.97. The summed E-state index contributed by atoms with van der Waals surface area (Å²) in [6, 6.07) is 6.08. The molecule has 0 aromatic heterocycles. The second-order valence-corrected chi connectivity index (χ2v) is 15.6. The van der Waals surface area contributed by atoms with Gasteiger partial charge in [-0.15, -0.1) is 0 Å². The highest BCUT2D eigenvalue weighted by atomic mass is 19.4. The van der Waals surface area contributed by atoms with Crippen LogP contribution in [0.5, 0.6) is 11.5 Å². The predicted molar refractivity (Wildman–Crippen MR) is 244 cm³/mol. The molecule has 20 nitrogen and oxygen atoms in total. The first kappa shape index (κ1) is 51.8. The number of amides is 6. The lowest BCUT2D eigenvalue weighted by Gasteiger charge is -2.23. The van der Waals surface area contributed by atoms with E-state index in [0.717, 1.165) is 0 Å². The molecule has 3 aromatic rings. The Hall–Kier alpha value is -7.22. The minimum atomic E-state index is -4.90. The Bertz CT molecular complexity index is 2130. The summed E-state index contributed by atoms with van der Waals surface area (Å²) in [6.45, 7) is 1.95. The second-order valence-electron chi connectivity index (χ2n) is 15.6. The monoisotopic (exact) mass is 964 g/mol. The molecule has 0 spiro atoms. The van der Waals surface area contributed by atoms with Gasteiger partial charge < -0.3 is 69.6 Å². The first-order valence-electron chi connectivity index (χ1n) is 21.5. The van der Waals surface area contributed by atoms with Gasteiger partial charge in [-0.2, -0.15) is 26.3 Å². The molecule has 2 atom stereocenters. The number of unbranched alkanes of at least 4 members (excludes halogenated alkanes) is 2. The largest absolute Gasteiger partial charge is 0.485 e. The topological polar surface area (TPSA) is 312 Å². The van der Waals surface area contributed by atoms with E-state index in [0.29, 0.717) is 88.8 Å². The standard InChI is InChI=1S/C42H54F6N14O6/c43-41(44,45)23-18-28(59-32(63)6-1-3-14-55-37(49)50)35(67-27-13-17-53-22-27)30(20-23)61-39(65)57-25-9-11-26(12-10-25)58-40(66)62-31-21-24(42(46,47)48)19-29(36(31)68-34-8-5-16-54-34)60-33(64)7-2-4-15-56-38(51)52/h9-12,18-21,27,34,53-54H,1-8,13-17,22H2,(H,59,63)(H,60,64)(H4,49,50,55)(H4,51,52,56)(H2,57,61,65)(H2,58,62,66). The summed E-state index contributed by atoms with van der Waals surface area (Å²) in [5.41, 5.74) is 17.6. The molecule has 3 aromatic carbocycles. The van der Waals surface area contributed by atoms with Gasteiger partial charge in [0.25, 0.3) is 0 Å². The quantitative estimate of drug-likeness (QED) is 0.0285. The van der Waals surface area contributed by atoms with Crippen LogP contribution in [0.15, 0.2) is 58.5 Å². The van der Waals surface area contributed by atoms with Gasteiger partial charge in [0.2, 0.25) is 11.8 Å². The molecule has 16 N–H and O–H groups in total. The third kappa shape index (κ3) is 16.6. The molecule has 0 aliphatic carbocycles. The summed E-state index contributed by atoms with van der Waals surface area (Å²) in [5, 5.41) is 20.8. The van der Waals surface area contributed by atoms with Gasteiger partial charge in [0.05, 0.1) is 33.9 Å². The van der Waals surface area contributed by atoms with E-state index in [1.807, 2.05) is 0 Å². The van der Waals surface area contributed by atoms with Crippen molar-refractivity contribution in [1.82, 2.24) is 10.6 Å². The van der Waals surface area contributed by atoms with E-state index in [1.165, 1.54) is 24.3 Å². The number of nitrogens with two attached hydrogens (primary N) is 4. The van der Waals surface area contributed by atoms with Gasteiger partial charge in [-0.05, 0) is 107 Å². The van der Waals surface area contributed by atoms with Crippen LogP contribution < -0.4 is 74.9 Å². The Morgan fingerprint density at radius 3 is 1.43 bits per heavy atom. The van der Waals surface area contributed by atoms with E-state index in [1.54, 1.807) is 0 Å². The molecule has 2 aliphatic rings. The van der Waals surface area contributed by atoms with E-state index in [-0.39, 0.29) is 72.1 Å². The maximum Gasteiger partial charge on any atom is 0.416 e. The lowest BCUT2D eigenvalue weighted by molar-refractivity contribution is -0.138. The number of carbonyl (C=O) groups excluding carboxylic acids is 4. The zero-order valence-corrected chi connectivity index (χ0v) is 36.6. The maximum atomic E-state index is 14.2. The van der Waals surface area contributed by atoms with Crippen molar-refractivity contribution in [1.29, 1.82) is 0 Å². The zero-order chi connectivity index (χ0) is 49.4. The fourth-order valence-corrected chi connectivity index (χ4v) is 6.84. The number of anilines is 6. The normalized spacial score (nSPS) is 15.7. The molecule has 2 aliphatic heterocycles. The van der Waals surface area contributed by atoms with Crippen molar-refractivity contribution in [2.75, 3.05) is 64.6 Å². The fourth-order valence-electron chi connectivity index (χ4n) is 6.84. The van der Waals surface area contributed by atoms with Gasteiger partial charge >= 0.3 is 24.4 Å². The number of carbonyl (C=O) groups is 4. The number of ether oxygens (including phenoxy) is 2. The molecule has 2 saturated heterocycles. The first-order valence-corrected chi connectivity index (χ1v) is 21.5. The molecular weight excluding hydrogens is 911 g/mol. The highest BCUT2D eigenvalue weighted by Gasteiger charge is 2.35. The molecule has 26 heteroatoms. The first-order chi connectivity index (χ1) is 32.2. The second kappa shape index (κ2) is 24.0. The summed E-state index contributed by atoms with van der Waals surface area (Å²) >= 11 is 0. The third-order valence-electron chi connectivity index (χ3n) is 10.1. The van der Waals surface area contributed by atoms with Crippen molar-refractivity contribution in [2.24, 2.45) is 32.9 Å². The average molecular weight is 965 g/mol. The van der Waals surface area contributed by atoms with Crippen molar-refractivity contribution >= 4 is 69.9 Å². The number of hydrogen-bond donors (Lipinski definition) is 12. The third-order valence-corrected chi connectivity index (χ3v) is 10.1. The minimum Gasteiger partial charge on any atom is -0.485 e. The molecule has 370 valence electrons. The van der Waals surface area contributed by atoms with Crippen molar-refractivity contribution in [3.8, 4) is 11.5 Å². The molecule has 0 saturated carbocycles. The van der Waals surface area contributed by atoms with Crippen LogP contribution in [0.2, 0.25) is 0 Å². The Kier molecular flexibility index (Phi) is 18.3. The van der Waals surface area contributed by atoms with Crippen LogP contribution in [0.3, 0.4) is 0 Å². The van der Waals surface area contributed by atoms with E-state index < -0.39 is 71.1 Å². The number of benzene rings is 3. The minimum absolute atomic E-state index is 0.0824. The van der Waals surface area contributed by atoms with Crippen molar-refractivity contribution in [3.05, 3.63) is 59.7 Å². The van der Waals surface area contributed by atoms with Gasteiger partial charge in [-0.1, -0.05) is 0 Å². The van der Waals surface area contributed by atoms with Crippen molar-refractivity contribution < 1.29 is 55.0 Å². The van der Waals surface area contributed by atoms with Crippen molar-refractivity contribution in [2.45, 2.75) is 82.5 Å². The SMILES string of the molecule is NC(N)=NCCCCC(=O)Nc1cc(C(F)(F)F)cc(NC(=O)Nc2ccc(NC(=O)Nc3cc(C(F)(F)F)cc(NC(=O)CCCCN=C(N)N)c3OC3CCCN3)cc2)c1OC1CCNC1. The highest BCUT2D eigenvalue weighted by Crippen LogP contribution is 2.43. The van der Waals surface area contributed by atoms with E-state index in [4.69, 9.17) is 32.4 Å². The molecular formula is C42H54F6N14O6. The Labute approximate surface area is 386 Å². The lowest BCUT2D eigenvalue weighted by Crippen LogP contribution is -2.29. The van der Waals surface area contributed by atoms with Crippen LogP contribution in [0.1, 0.15) is 68.9 Å². The summed E-state index contributed by atoms with van der Waals surface area (Å²) in [6.07, 6.45) is -7.98. The predicted octanol–water partition coefficient (Wildman–Crippen LogP) is 5.61. The Morgan fingerprint density at radius 2 is 1.04 bits per heavy atom. The molecule has 5 rings (SSSR count). The number of nitrogens with one attached hydrogen (secondary N) is 8. The number of alkyl halides is 6. The van der Waals surface area contributed by atoms with E-state index >= 15 is 0 Å². The molecule has 6 amide bonds. The smallest absolute Gasteiger partial charge is 0.416 e. The van der Waals surface area contributed by atoms with Gasteiger partial charge in [0, 0.05) is 43.9 Å². The summed E-state index contributed by atoms with van der Waals surface area (Å²) in [7, 11) is 0. The number of rotatable bonds is 20. The Balaban J connectivity index is 1.30. The number of urea groups is 2. The lowest BCUT2D eigenvalue weighted by atomic mass is 10.1. The van der Waals surface area contributed by atoms with E-state index in [2.05, 4.69) is 52.5 Å². The summed E-state index contributed by atoms with van der Waals surface area (Å²) in [5.74, 6) is -1.93. The number of hydrogen-bond acceptors (Lipinski definition) is 10. The zero-order valence-electron chi connectivity index (χ0n) is 36.6. The van der Waals surface area contributed by atoms with Crippen LogP contribution in [-0.2, 0) is 21.9 Å². The van der Waals surface area contributed by atoms with Crippen LogP contribution in [0.25, 0.3) is 0 Å². The van der Waals surface area contributed by atoms with Crippen molar-refractivity contribution in [3.63, 3.8) is 0 Å². The number of halogens is 6. The maximum absolute atomic E-state index is 14.2. The van der Waals surface area contributed by atoms with Gasteiger partial charge in [-0.25, -0.2) is 9.59 Å². The van der Waals surface area contributed by atoms with Gasteiger partial charge in [0.15, 0.2) is 23.4 Å².